The van der Waals surface area contributed by atoms with E-state index in [0.717, 1.165) is 143 Å². The first-order chi connectivity index (χ1) is 44.7. The van der Waals surface area contributed by atoms with Crippen molar-refractivity contribution < 1.29 is 102 Å². The third-order valence-electron chi connectivity index (χ3n) is 14.0. The van der Waals surface area contributed by atoms with E-state index in [9.17, 15) is 20.4 Å². The molecule has 0 unspecified atom stereocenters. The molecule has 0 atom stereocenters. The van der Waals surface area contributed by atoms with Gasteiger partial charge >= 0.3 is 0 Å². The van der Waals surface area contributed by atoms with Crippen LogP contribution in [0.15, 0.2) is 165 Å². The minimum atomic E-state index is -1.69. The average Bonchev–Trinajstić information content (AvgIpc) is 0.781. The van der Waals surface area contributed by atoms with Crippen LogP contribution < -0.4 is 37.9 Å². The number of aliphatic hydroxyl groups excluding tert-OH is 3. The Morgan fingerprint density at radius 1 is 0.383 bits per heavy atom. The number of fused-ring (bicyclic) bond motifs is 8. The van der Waals surface area contributed by atoms with Crippen LogP contribution in [0.4, 0.5) is 22.7 Å². The van der Waals surface area contributed by atoms with Gasteiger partial charge in [0.25, 0.3) is 0 Å². The number of methoxy groups -OCH3 is 4. The second-order valence-corrected chi connectivity index (χ2v) is 22.7. The molecule has 0 amide bonds. The van der Waals surface area contributed by atoms with Crippen LogP contribution in [0.25, 0.3) is 10.6 Å². The summed E-state index contributed by atoms with van der Waals surface area (Å²) in [5.41, 5.74) is 10.9. The zero-order valence-corrected chi connectivity index (χ0v) is 60.8. The van der Waals surface area contributed by atoms with E-state index in [2.05, 4.69) is 80.2 Å². The molecular formula is C73H84Br2N4O13Rh2-2. The Labute approximate surface area is 595 Å². The van der Waals surface area contributed by atoms with E-state index < -0.39 is 12.6 Å². The standard InChI is InChI=1S/C42H50Br2O8.2C15H15N2O2.CH4O.2Rh/c1-5-9-49-37-25-13-29-21-35(43)23-31(39(29)51-11-7-3)15-27-19-34(42(47)48)20-28(38(27)50-10-6-2)16-32-24-36(44)22-30(40(32)52-12-8-4)14-26(37)18-33(17-25)41(45)46;2*1-18-14-7-3-12(4-8-14)16-11-17-13-5-9-15(19-2)10-6-13;1-2;;/h17-24,41-42,45-48H,5-16H2,1-4H3;2*3-11H,1-2H3;2H,1H3;;/q;2*-1;;;. The fourth-order valence-corrected chi connectivity index (χ4v) is 10.8. The molecule has 94 heavy (non-hydrogen) atoms. The summed E-state index contributed by atoms with van der Waals surface area (Å²) in [6.07, 6.45) is 4.44. The molecule has 0 fully saturated rings. The van der Waals surface area contributed by atoms with E-state index in [1.54, 1.807) is 28.4 Å². The summed E-state index contributed by atoms with van der Waals surface area (Å²) in [7, 11) is 7.54. The van der Waals surface area contributed by atoms with Crippen LogP contribution in [0.5, 0.6) is 46.0 Å². The molecule has 1 aliphatic rings. The third kappa shape index (κ3) is 24.4. The SMILES string of the molecule is CCCOc1c2cc(Br)cc1Cc1cc(C(O)O)cc(c1OCCC)Cc1cc(Br)cc(c1OCCC)Cc1cc(C(O)O)cc(c1OCCC)C2.CO.COc1ccc(N=C[N-]c2ccc(OC)cc2)cc1.COc1ccc(N=C[N-]c2ccc(OC)cc2)cc1.[Rh].[Rh]. The molecule has 0 aromatic heterocycles. The van der Waals surface area contributed by atoms with E-state index in [1.165, 1.54) is 12.7 Å². The van der Waals surface area contributed by atoms with Gasteiger partial charge in [-0.2, -0.15) is 0 Å². The van der Waals surface area contributed by atoms with Crippen molar-refractivity contribution >= 4 is 67.3 Å². The van der Waals surface area contributed by atoms with E-state index in [1.807, 2.05) is 146 Å². The number of aliphatic hydroxyl groups is 5. The van der Waals surface area contributed by atoms with Gasteiger partial charge in [0.05, 0.1) is 54.9 Å². The molecule has 8 aromatic carbocycles. The molecule has 8 bridgehead atoms. The van der Waals surface area contributed by atoms with Crippen LogP contribution in [0.2, 0.25) is 0 Å². The van der Waals surface area contributed by atoms with Crippen LogP contribution in [0, 0.1) is 0 Å². The minimum Gasteiger partial charge on any atom is -0.497 e. The maximum Gasteiger partial charge on any atom is 0.178 e. The summed E-state index contributed by atoms with van der Waals surface area (Å²) in [4.78, 5) is 8.48. The zero-order chi connectivity index (χ0) is 66.4. The van der Waals surface area contributed by atoms with Gasteiger partial charge in [0.1, 0.15) is 46.0 Å². The maximum atomic E-state index is 10.5. The van der Waals surface area contributed by atoms with E-state index in [0.29, 0.717) is 74.7 Å². The van der Waals surface area contributed by atoms with Crippen molar-refractivity contribution in [3.05, 3.63) is 221 Å². The summed E-state index contributed by atoms with van der Waals surface area (Å²) in [6.45, 7) is 10.2. The Kier molecular flexibility index (Phi) is 36.0. The van der Waals surface area contributed by atoms with Gasteiger partial charge < -0.3 is 84.0 Å². The first kappa shape index (κ1) is 79.5. The Balaban J connectivity index is 0.000000364. The van der Waals surface area contributed by atoms with Crippen molar-refractivity contribution in [3.63, 3.8) is 0 Å². The number of nitrogens with zero attached hydrogens (tertiary/aromatic N) is 4. The van der Waals surface area contributed by atoms with Gasteiger partial charge in [-0.25, -0.2) is 0 Å². The topological polar surface area (TPSA) is 228 Å². The molecule has 0 heterocycles. The van der Waals surface area contributed by atoms with Gasteiger partial charge in [0.15, 0.2) is 12.6 Å². The number of halogens is 2. The van der Waals surface area contributed by atoms with Crippen molar-refractivity contribution in [2.24, 2.45) is 9.98 Å². The normalized spacial score (nSPS) is 11.3. The molecule has 8 aromatic rings. The minimum absolute atomic E-state index is 0. The molecule has 9 rings (SSSR count). The van der Waals surface area contributed by atoms with Crippen LogP contribution in [0.1, 0.15) is 122 Å². The molecule has 2 radical (unpaired) electrons. The van der Waals surface area contributed by atoms with Crippen LogP contribution >= 0.6 is 31.9 Å². The number of hydrogen-bond acceptors (Lipinski definition) is 15. The van der Waals surface area contributed by atoms with Crippen molar-refractivity contribution in [2.75, 3.05) is 62.0 Å². The Bertz CT molecular complexity index is 3270. The molecular weight excluding hydrogens is 1510 g/mol. The number of benzene rings is 8. The monoisotopic (exact) mass is 1590 g/mol. The van der Waals surface area contributed by atoms with Gasteiger partial charge in [-0.3, -0.25) is 0 Å². The second-order valence-electron chi connectivity index (χ2n) is 20.8. The fraction of sp³-hybridized carbons (Fsp3) is 0.315. The fourth-order valence-electron chi connectivity index (χ4n) is 9.71. The average molecular weight is 1590 g/mol. The summed E-state index contributed by atoms with van der Waals surface area (Å²) in [6, 6.07) is 45.3. The number of rotatable bonds is 24. The first-order valence-electron chi connectivity index (χ1n) is 30.3. The van der Waals surface area contributed by atoms with Gasteiger partial charge in [-0.05, 0) is 168 Å². The van der Waals surface area contributed by atoms with E-state index in [4.69, 9.17) is 43.0 Å². The van der Waals surface area contributed by atoms with Gasteiger partial charge in [0, 0.05) is 114 Å². The number of ether oxygens (including phenoxy) is 8. The summed E-state index contributed by atoms with van der Waals surface area (Å²) in [5, 5.41) is 57.6. The molecule has 0 saturated carbocycles. The molecule has 21 heteroatoms. The van der Waals surface area contributed by atoms with Crippen LogP contribution in [0.3, 0.4) is 0 Å². The summed E-state index contributed by atoms with van der Waals surface area (Å²) in [5.74, 6) is 6.08. The summed E-state index contributed by atoms with van der Waals surface area (Å²) < 4.78 is 48.2. The van der Waals surface area contributed by atoms with Crippen molar-refractivity contribution in [1.82, 2.24) is 0 Å². The quantitative estimate of drug-likeness (QED) is 0.0164. The predicted molar refractivity (Wildman–Crippen MR) is 372 cm³/mol. The smallest absolute Gasteiger partial charge is 0.178 e. The zero-order valence-electron chi connectivity index (χ0n) is 54.4. The van der Waals surface area contributed by atoms with Gasteiger partial charge in [-0.15, -0.1) is 0 Å². The van der Waals surface area contributed by atoms with E-state index in [-0.39, 0.29) is 39.0 Å². The number of hydrogen-bond donors (Lipinski definition) is 5. The number of aliphatic imine (C=N–C) groups is 2. The van der Waals surface area contributed by atoms with Crippen molar-refractivity contribution in [1.29, 1.82) is 0 Å². The van der Waals surface area contributed by atoms with Crippen molar-refractivity contribution in [3.8, 4) is 46.0 Å². The Morgan fingerprint density at radius 3 is 0.819 bits per heavy atom. The van der Waals surface area contributed by atoms with Gasteiger partial charge in [0.2, 0.25) is 0 Å². The predicted octanol–water partition coefficient (Wildman–Crippen LogP) is 16.8. The molecule has 17 nitrogen and oxygen atoms in total. The molecule has 5 N–H and O–H groups in total. The van der Waals surface area contributed by atoms with Gasteiger partial charge in [-0.1, -0.05) is 121 Å². The van der Waals surface area contributed by atoms with Crippen LogP contribution in [-0.2, 0) is 64.6 Å². The van der Waals surface area contributed by atoms with E-state index >= 15 is 0 Å². The summed E-state index contributed by atoms with van der Waals surface area (Å²) >= 11 is 7.53. The second kappa shape index (κ2) is 42.5. The molecule has 1 aliphatic carbocycles. The first-order valence-corrected chi connectivity index (χ1v) is 31.9. The largest absolute Gasteiger partial charge is 0.497 e. The Hall–Kier alpha value is -6.89. The third-order valence-corrected chi connectivity index (χ3v) is 14.9. The van der Waals surface area contributed by atoms with Crippen LogP contribution in [-0.4, -0.2) is 100 Å². The molecule has 0 saturated heterocycles. The molecule has 508 valence electrons. The van der Waals surface area contributed by atoms with Crippen molar-refractivity contribution in [2.45, 2.75) is 91.6 Å². The maximum absolute atomic E-state index is 10.5. The molecule has 0 aliphatic heterocycles. The molecule has 0 spiro atoms. The Morgan fingerprint density at radius 2 is 0.606 bits per heavy atom.